The third-order valence-electron chi connectivity index (χ3n) is 5.86. The molecule has 0 saturated heterocycles. The van der Waals surface area contributed by atoms with E-state index in [9.17, 15) is 4.79 Å². The van der Waals surface area contributed by atoms with Crippen LogP contribution in [-0.4, -0.2) is 19.5 Å². The van der Waals surface area contributed by atoms with Crippen LogP contribution in [0.25, 0.3) is 22.1 Å². The number of aryl methyl sites for hydroxylation is 2. The van der Waals surface area contributed by atoms with Crippen molar-refractivity contribution in [1.82, 2.24) is 19.5 Å². The number of benzene rings is 3. The average molecular weight is 423 g/mol. The highest BCUT2D eigenvalue weighted by atomic mass is 16.1. The number of nitrogens with one attached hydrogen (secondary N) is 1. The number of rotatable bonds is 6. The average Bonchev–Trinajstić information content (AvgIpc) is 3.15. The highest BCUT2D eigenvalue weighted by Crippen LogP contribution is 2.25. The van der Waals surface area contributed by atoms with Crippen LogP contribution in [0.4, 0.5) is 0 Å². The Morgan fingerprint density at radius 2 is 1.53 bits per heavy atom. The van der Waals surface area contributed by atoms with Gasteiger partial charge in [-0.25, -0.2) is 9.97 Å². The van der Waals surface area contributed by atoms with Gasteiger partial charge in [-0.2, -0.15) is 0 Å². The molecule has 5 nitrogen and oxygen atoms in total. The molecule has 0 atom stereocenters. The van der Waals surface area contributed by atoms with E-state index >= 15 is 0 Å². The summed E-state index contributed by atoms with van der Waals surface area (Å²) in [6.07, 6.45) is 2.30. The summed E-state index contributed by atoms with van der Waals surface area (Å²) in [4.78, 5) is 25.4. The van der Waals surface area contributed by atoms with Crippen LogP contribution < -0.4 is 5.56 Å². The second kappa shape index (κ2) is 8.42. The van der Waals surface area contributed by atoms with Gasteiger partial charge in [0.2, 0.25) is 0 Å². The van der Waals surface area contributed by atoms with E-state index in [1.807, 2.05) is 42.5 Å². The fourth-order valence-electron chi connectivity index (χ4n) is 4.33. The van der Waals surface area contributed by atoms with E-state index in [2.05, 4.69) is 53.7 Å². The lowest BCUT2D eigenvalue weighted by Gasteiger charge is -2.13. The second-order valence-corrected chi connectivity index (χ2v) is 8.51. The Morgan fingerprint density at radius 3 is 2.22 bits per heavy atom. The van der Waals surface area contributed by atoms with Crippen LogP contribution in [-0.2, 0) is 19.3 Å². The van der Waals surface area contributed by atoms with Gasteiger partial charge >= 0.3 is 0 Å². The molecule has 0 fully saturated rings. The first-order valence-corrected chi connectivity index (χ1v) is 11.1. The molecule has 160 valence electrons. The van der Waals surface area contributed by atoms with Crippen molar-refractivity contribution >= 4 is 22.1 Å². The van der Waals surface area contributed by atoms with Crippen LogP contribution in [0.15, 0.2) is 77.6 Å². The summed E-state index contributed by atoms with van der Waals surface area (Å²) < 4.78 is 2.29. The Balaban J connectivity index is 1.56. The summed E-state index contributed by atoms with van der Waals surface area (Å²) in [5.41, 5.74) is 6.22. The Labute approximate surface area is 186 Å². The van der Waals surface area contributed by atoms with E-state index in [1.165, 1.54) is 5.56 Å². The number of imidazole rings is 1. The third kappa shape index (κ3) is 3.94. The van der Waals surface area contributed by atoms with Gasteiger partial charge in [-0.15, -0.1) is 0 Å². The zero-order valence-electron chi connectivity index (χ0n) is 18.4. The SMILES string of the molecule is CC(C)n1c(CCc2ccccc2)nc2cc3[nH]c(=O)c(Cc4ccccc4)nc3cc21. The lowest BCUT2D eigenvalue weighted by molar-refractivity contribution is 0.582. The van der Waals surface area contributed by atoms with E-state index in [0.29, 0.717) is 12.1 Å². The molecule has 0 amide bonds. The number of aromatic nitrogens is 4. The number of fused-ring (bicyclic) bond motifs is 2. The maximum absolute atomic E-state index is 12.7. The summed E-state index contributed by atoms with van der Waals surface area (Å²) in [7, 11) is 0. The minimum absolute atomic E-state index is 0.145. The predicted molar refractivity (Wildman–Crippen MR) is 129 cm³/mol. The van der Waals surface area contributed by atoms with Crippen molar-refractivity contribution in [3.63, 3.8) is 0 Å². The van der Waals surface area contributed by atoms with E-state index in [1.54, 1.807) is 0 Å². The maximum Gasteiger partial charge on any atom is 0.270 e. The van der Waals surface area contributed by atoms with E-state index in [4.69, 9.17) is 9.97 Å². The quantitative estimate of drug-likeness (QED) is 0.408. The Bertz CT molecular complexity index is 1430. The lowest BCUT2D eigenvalue weighted by Crippen LogP contribution is -2.15. The van der Waals surface area contributed by atoms with Crippen molar-refractivity contribution < 1.29 is 0 Å². The van der Waals surface area contributed by atoms with Crippen molar-refractivity contribution in [3.8, 4) is 0 Å². The summed E-state index contributed by atoms with van der Waals surface area (Å²) in [5, 5.41) is 0. The molecule has 5 heteroatoms. The van der Waals surface area contributed by atoms with E-state index in [-0.39, 0.29) is 11.6 Å². The predicted octanol–water partition coefficient (Wildman–Crippen LogP) is 5.23. The number of H-pyrrole nitrogens is 1. The molecule has 5 rings (SSSR count). The first-order valence-electron chi connectivity index (χ1n) is 11.1. The first kappa shape index (κ1) is 20.2. The van der Waals surface area contributed by atoms with Gasteiger partial charge in [0.25, 0.3) is 5.56 Å². The van der Waals surface area contributed by atoms with Crippen LogP contribution in [0.3, 0.4) is 0 Å². The normalized spacial score (nSPS) is 11.6. The minimum Gasteiger partial charge on any atom is -0.325 e. The van der Waals surface area contributed by atoms with Crippen molar-refractivity contribution in [2.75, 3.05) is 0 Å². The number of hydrogen-bond donors (Lipinski definition) is 1. The number of aromatic amines is 1. The lowest BCUT2D eigenvalue weighted by atomic mass is 10.1. The Hall–Kier alpha value is -3.73. The number of nitrogens with zero attached hydrogens (tertiary/aromatic N) is 3. The van der Waals surface area contributed by atoms with Gasteiger partial charge in [0.15, 0.2) is 0 Å². The van der Waals surface area contributed by atoms with Gasteiger partial charge in [-0.3, -0.25) is 4.79 Å². The van der Waals surface area contributed by atoms with E-state index < -0.39 is 0 Å². The molecule has 3 aromatic carbocycles. The fourth-order valence-corrected chi connectivity index (χ4v) is 4.33. The van der Waals surface area contributed by atoms with Crippen LogP contribution >= 0.6 is 0 Å². The monoisotopic (exact) mass is 422 g/mol. The summed E-state index contributed by atoms with van der Waals surface area (Å²) >= 11 is 0. The van der Waals surface area contributed by atoms with Crippen LogP contribution in [0, 0.1) is 0 Å². The maximum atomic E-state index is 12.7. The molecule has 0 aliphatic carbocycles. The molecule has 0 saturated carbocycles. The van der Waals surface area contributed by atoms with Gasteiger partial charge in [-0.05, 0) is 43.5 Å². The minimum atomic E-state index is -0.145. The fraction of sp³-hybridized carbons (Fsp3) is 0.222. The highest BCUT2D eigenvalue weighted by Gasteiger charge is 2.16. The molecule has 1 N–H and O–H groups in total. The molecule has 0 bridgehead atoms. The van der Waals surface area contributed by atoms with Gasteiger partial charge in [0.05, 0.1) is 22.1 Å². The summed E-state index contributed by atoms with van der Waals surface area (Å²) in [6.45, 7) is 4.36. The standard InChI is InChI=1S/C27H26N4O/c1-18(2)31-25-17-22-21(30-27(32)24(28-22)15-20-11-7-4-8-12-20)16-23(25)29-26(31)14-13-19-9-5-3-6-10-19/h3-12,16-18H,13-15H2,1-2H3,(H,30,32). The van der Waals surface area contributed by atoms with Crippen molar-refractivity contribution in [2.24, 2.45) is 0 Å². The summed E-state index contributed by atoms with van der Waals surface area (Å²) in [5.74, 6) is 1.06. The van der Waals surface area contributed by atoms with Gasteiger partial charge in [-0.1, -0.05) is 60.7 Å². The third-order valence-corrected chi connectivity index (χ3v) is 5.86. The molecule has 2 heterocycles. The van der Waals surface area contributed by atoms with Gasteiger partial charge in [0.1, 0.15) is 11.5 Å². The highest BCUT2D eigenvalue weighted by molar-refractivity contribution is 5.91. The summed E-state index contributed by atoms with van der Waals surface area (Å²) in [6, 6.07) is 24.7. The molecule has 0 unspecified atom stereocenters. The molecule has 32 heavy (non-hydrogen) atoms. The van der Waals surface area contributed by atoms with Crippen molar-refractivity contribution in [2.45, 2.75) is 39.2 Å². The first-order chi connectivity index (χ1) is 15.6. The van der Waals surface area contributed by atoms with Crippen LogP contribution in [0.1, 0.15) is 42.5 Å². The zero-order chi connectivity index (χ0) is 22.1. The smallest absolute Gasteiger partial charge is 0.270 e. The number of hydrogen-bond acceptors (Lipinski definition) is 3. The molecular weight excluding hydrogens is 396 g/mol. The Morgan fingerprint density at radius 1 is 0.844 bits per heavy atom. The topological polar surface area (TPSA) is 63.6 Å². The van der Waals surface area contributed by atoms with Gasteiger partial charge < -0.3 is 9.55 Å². The second-order valence-electron chi connectivity index (χ2n) is 8.51. The van der Waals surface area contributed by atoms with Crippen LogP contribution in [0.5, 0.6) is 0 Å². The molecule has 5 aromatic rings. The van der Waals surface area contributed by atoms with Crippen molar-refractivity contribution in [3.05, 3.63) is 106 Å². The van der Waals surface area contributed by atoms with Crippen molar-refractivity contribution in [1.29, 1.82) is 0 Å². The molecular formula is C27H26N4O. The molecule has 0 radical (unpaired) electrons. The van der Waals surface area contributed by atoms with Gasteiger partial charge in [0, 0.05) is 18.9 Å². The molecule has 2 aromatic heterocycles. The zero-order valence-corrected chi connectivity index (χ0v) is 18.4. The molecule has 0 aliphatic heterocycles. The largest absolute Gasteiger partial charge is 0.325 e. The van der Waals surface area contributed by atoms with E-state index in [0.717, 1.165) is 46.3 Å². The molecule has 0 spiro atoms. The molecule has 0 aliphatic rings. The Kier molecular flexibility index (Phi) is 5.31. The van der Waals surface area contributed by atoms with Crippen LogP contribution in [0.2, 0.25) is 0 Å².